The fraction of sp³-hybridized carbons (Fsp3) is 0.103. The third-order valence-corrected chi connectivity index (χ3v) is 6.96. The van der Waals surface area contributed by atoms with E-state index in [9.17, 15) is 4.79 Å². The first-order chi connectivity index (χ1) is 17.5. The minimum absolute atomic E-state index is 0.114. The van der Waals surface area contributed by atoms with Crippen LogP contribution in [0.15, 0.2) is 90.0 Å². The molecular weight excluding hydrogens is 491 g/mol. The second-order valence-corrected chi connectivity index (χ2v) is 9.34. The number of anilines is 1. The molecule has 0 atom stereocenters. The average molecular weight is 515 g/mol. The van der Waals surface area contributed by atoms with E-state index in [0.717, 1.165) is 44.2 Å². The summed E-state index contributed by atoms with van der Waals surface area (Å²) in [6.45, 7) is 2.80. The van der Waals surface area contributed by atoms with Crippen molar-refractivity contribution in [1.29, 1.82) is 0 Å². The summed E-state index contributed by atoms with van der Waals surface area (Å²) in [5, 5.41) is 11.8. The predicted molar refractivity (Wildman–Crippen MR) is 150 cm³/mol. The maximum atomic E-state index is 12.5. The molecule has 7 heteroatoms. The Morgan fingerprint density at radius 2 is 1.67 bits per heavy atom. The number of halogens is 2. The maximum Gasteiger partial charge on any atom is 0.259 e. The molecule has 0 aliphatic rings. The average Bonchev–Trinajstić information content (AvgIpc) is 3.15. The lowest BCUT2D eigenvalue weighted by Crippen LogP contribution is -2.26. The van der Waals surface area contributed by atoms with Gasteiger partial charge in [0.25, 0.3) is 5.91 Å². The molecule has 5 nitrogen and oxygen atoms in total. The molecule has 0 unspecified atom stereocenters. The number of benzene rings is 4. The molecule has 0 fully saturated rings. The van der Waals surface area contributed by atoms with Gasteiger partial charge in [-0.05, 0) is 42.1 Å². The molecule has 1 aromatic heterocycles. The lowest BCUT2D eigenvalue weighted by molar-refractivity contribution is -0.119. The van der Waals surface area contributed by atoms with Gasteiger partial charge < -0.3 is 9.88 Å². The second kappa shape index (κ2) is 10.4. The van der Waals surface area contributed by atoms with Crippen LogP contribution in [0, 0.1) is 6.92 Å². The Morgan fingerprint density at radius 3 is 2.50 bits per heavy atom. The monoisotopic (exact) mass is 514 g/mol. The van der Waals surface area contributed by atoms with E-state index in [0.29, 0.717) is 16.6 Å². The van der Waals surface area contributed by atoms with Crippen LogP contribution in [0.3, 0.4) is 0 Å². The Morgan fingerprint density at radius 1 is 0.917 bits per heavy atom. The lowest BCUT2D eigenvalue weighted by atomic mass is 10.1. The van der Waals surface area contributed by atoms with E-state index in [-0.39, 0.29) is 12.5 Å². The molecule has 0 aliphatic heterocycles. The molecule has 0 saturated heterocycles. The van der Waals surface area contributed by atoms with E-state index < -0.39 is 0 Å². The van der Waals surface area contributed by atoms with Gasteiger partial charge in [-0.2, -0.15) is 5.10 Å². The van der Waals surface area contributed by atoms with Crippen LogP contribution in [0.25, 0.3) is 21.7 Å². The number of fused-ring (bicyclic) bond motifs is 2. The van der Waals surface area contributed by atoms with Gasteiger partial charge in [0.15, 0.2) is 0 Å². The van der Waals surface area contributed by atoms with E-state index in [2.05, 4.69) is 32.5 Å². The van der Waals surface area contributed by atoms with Crippen molar-refractivity contribution in [2.24, 2.45) is 5.10 Å². The molecule has 1 heterocycles. The Balaban J connectivity index is 1.31. The maximum absolute atomic E-state index is 12.5. The summed E-state index contributed by atoms with van der Waals surface area (Å²) in [5.74, 6) is -0.226. The molecule has 4 aromatic carbocycles. The van der Waals surface area contributed by atoms with E-state index in [1.54, 1.807) is 6.21 Å². The van der Waals surface area contributed by atoms with Gasteiger partial charge in [-0.15, -0.1) is 0 Å². The van der Waals surface area contributed by atoms with Gasteiger partial charge in [-0.1, -0.05) is 83.9 Å². The highest BCUT2D eigenvalue weighted by molar-refractivity contribution is 6.42. The molecule has 2 N–H and O–H groups in total. The van der Waals surface area contributed by atoms with Crippen molar-refractivity contribution in [3.8, 4) is 0 Å². The normalized spacial score (nSPS) is 11.4. The summed E-state index contributed by atoms with van der Waals surface area (Å²) in [6.07, 6.45) is 1.71. The molecule has 0 bridgehead atoms. The molecule has 5 rings (SSSR count). The van der Waals surface area contributed by atoms with Crippen LogP contribution in [-0.4, -0.2) is 23.2 Å². The fourth-order valence-electron chi connectivity index (χ4n) is 4.41. The first-order valence-electron chi connectivity index (χ1n) is 11.6. The Bertz CT molecular complexity index is 1600. The highest BCUT2D eigenvalue weighted by Gasteiger charge is 2.13. The number of carbonyl (C=O) groups excluding carboxylic acids is 1. The topological polar surface area (TPSA) is 58.4 Å². The zero-order valence-electron chi connectivity index (χ0n) is 19.6. The molecule has 180 valence electrons. The van der Waals surface area contributed by atoms with Crippen molar-refractivity contribution in [3.63, 3.8) is 0 Å². The molecule has 36 heavy (non-hydrogen) atoms. The Hall–Kier alpha value is -3.80. The number of amides is 1. The van der Waals surface area contributed by atoms with Gasteiger partial charge in [0.2, 0.25) is 0 Å². The van der Waals surface area contributed by atoms with Gasteiger partial charge in [0.1, 0.15) is 0 Å². The zero-order chi connectivity index (χ0) is 25.1. The summed E-state index contributed by atoms with van der Waals surface area (Å²) in [4.78, 5) is 12.5. The van der Waals surface area contributed by atoms with Gasteiger partial charge >= 0.3 is 0 Å². The van der Waals surface area contributed by atoms with Crippen LogP contribution in [0.2, 0.25) is 10.0 Å². The highest BCUT2D eigenvalue weighted by atomic mass is 35.5. The fourth-order valence-corrected chi connectivity index (χ4v) is 4.73. The second-order valence-electron chi connectivity index (χ2n) is 8.52. The quantitative estimate of drug-likeness (QED) is 0.181. The summed E-state index contributed by atoms with van der Waals surface area (Å²) < 4.78 is 2.21. The van der Waals surface area contributed by atoms with Crippen LogP contribution in [0.5, 0.6) is 0 Å². The largest absolute Gasteiger partial charge is 0.376 e. The van der Waals surface area contributed by atoms with Crippen LogP contribution in [0.4, 0.5) is 5.69 Å². The van der Waals surface area contributed by atoms with Gasteiger partial charge in [-0.25, -0.2) is 5.43 Å². The zero-order valence-corrected chi connectivity index (χ0v) is 21.1. The van der Waals surface area contributed by atoms with Crippen molar-refractivity contribution >= 4 is 62.7 Å². The number of hydrogen-bond acceptors (Lipinski definition) is 3. The molecule has 0 radical (unpaired) electrons. The third-order valence-electron chi connectivity index (χ3n) is 6.22. The Kier molecular flexibility index (Phi) is 6.94. The third kappa shape index (κ3) is 4.94. The highest BCUT2D eigenvalue weighted by Crippen LogP contribution is 2.28. The van der Waals surface area contributed by atoms with Gasteiger partial charge in [-0.3, -0.25) is 4.79 Å². The van der Waals surface area contributed by atoms with Crippen LogP contribution in [-0.2, 0) is 11.3 Å². The molecule has 0 spiro atoms. The number of hydrazone groups is 1. The van der Waals surface area contributed by atoms with E-state index in [1.807, 2.05) is 79.7 Å². The number of carbonyl (C=O) groups is 1. The molecule has 0 aliphatic carbocycles. The number of para-hydroxylation sites is 1. The minimum Gasteiger partial charge on any atom is -0.376 e. The van der Waals surface area contributed by atoms with Crippen molar-refractivity contribution in [2.45, 2.75) is 13.5 Å². The minimum atomic E-state index is -0.226. The molecular formula is C29H24Cl2N4O. The smallest absolute Gasteiger partial charge is 0.259 e. The summed E-state index contributed by atoms with van der Waals surface area (Å²) in [6, 6.07) is 27.8. The van der Waals surface area contributed by atoms with Crippen molar-refractivity contribution in [3.05, 3.63) is 112 Å². The number of rotatable bonds is 7. The summed E-state index contributed by atoms with van der Waals surface area (Å²) >= 11 is 12.3. The first kappa shape index (κ1) is 23.9. The lowest BCUT2D eigenvalue weighted by Gasteiger charge is -2.10. The van der Waals surface area contributed by atoms with E-state index in [1.165, 1.54) is 0 Å². The van der Waals surface area contributed by atoms with Crippen molar-refractivity contribution in [2.75, 3.05) is 11.9 Å². The molecule has 0 saturated carbocycles. The van der Waals surface area contributed by atoms with E-state index >= 15 is 0 Å². The molecule has 5 aromatic rings. The number of nitrogens with zero attached hydrogens (tertiary/aromatic N) is 2. The standard InChI is InChI=1S/C29H24Cl2N4O/c1-19-24(16-33-34-29(36)17-32-27-11-6-8-21-7-2-3-9-22(21)27)23-10-4-5-12-28(23)35(19)18-20-13-14-25(30)26(31)15-20/h2-16,32H,17-18H2,1H3,(H,34,36)/b33-16-. The van der Waals surface area contributed by atoms with Gasteiger partial charge in [0.05, 0.1) is 22.8 Å². The van der Waals surface area contributed by atoms with Crippen LogP contribution < -0.4 is 10.7 Å². The Labute approximate surface area is 219 Å². The first-order valence-corrected chi connectivity index (χ1v) is 12.3. The number of hydrogen-bond donors (Lipinski definition) is 2. The SMILES string of the molecule is Cc1c(/C=N\NC(=O)CNc2cccc3ccccc23)c2ccccc2n1Cc1ccc(Cl)c(Cl)c1. The van der Waals surface area contributed by atoms with Gasteiger partial charge in [0, 0.05) is 39.8 Å². The summed E-state index contributed by atoms with van der Waals surface area (Å²) in [7, 11) is 0. The molecule has 1 amide bonds. The number of nitrogens with one attached hydrogen (secondary N) is 2. The van der Waals surface area contributed by atoms with Crippen LogP contribution >= 0.6 is 23.2 Å². The van der Waals surface area contributed by atoms with E-state index in [4.69, 9.17) is 23.2 Å². The number of aromatic nitrogens is 1. The van der Waals surface area contributed by atoms with Crippen LogP contribution in [0.1, 0.15) is 16.8 Å². The predicted octanol–water partition coefficient (Wildman–Crippen LogP) is 7.02. The summed E-state index contributed by atoms with van der Waals surface area (Å²) in [5.41, 5.74) is 7.66. The van der Waals surface area contributed by atoms with Crippen molar-refractivity contribution in [1.82, 2.24) is 9.99 Å². The van der Waals surface area contributed by atoms with Crippen molar-refractivity contribution < 1.29 is 4.79 Å².